The van der Waals surface area contributed by atoms with Crippen molar-refractivity contribution in [3.63, 3.8) is 0 Å². The van der Waals surface area contributed by atoms with E-state index in [1.165, 1.54) is 0 Å². The Morgan fingerprint density at radius 2 is 2.05 bits per heavy atom. The molecule has 1 unspecified atom stereocenters. The molecule has 0 spiro atoms. The lowest BCUT2D eigenvalue weighted by molar-refractivity contribution is -0.154. The van der Waals surface area contributed by atoms with Crippen molar-refractivity contribution in [2.75, 3.05) is 0 Å². The minimum atomic E-state index is -1.02. The Balaban J connectivity index is 2.21. The van der Waals surface area contributed by atoms with Crippen LogP contribution in [0.25, 0.3) is 0 Å². The Bertz CT molecular complexity index is 478. The fourth-order valence-corrected chi connectivity index (χ4v) is 2.55. The fourth-order valence-electron chi connectivity index (χ4n) is 2.55. The van der Waals surface area contributed by atoms with Gasteiger partial charge in [0.1, 0.15) is 11.2 Å². The van der Waals surface area contributed by atoms with Crippen molar-refractivity contribution in [1.29, 1.82) is 0 Å². The SMILES string of the molecule is C=CCC1(C(=O)Oc2ccccc2)CCCCC1=O. The zero-order valence-electron chi connectivity index (χ0n) is 10.9. The molecule has 3 nitrogen and oxygen atoms in total. The van der Waals surface area contributed by atoms with Crippen molar-refractivity contribution >= 4 is 11.8 Å². The first kappa shape index (κ1) is 13.5. The van der Waals surface area contributed by atoms with Crippen LogP contribution in [0.3, 0.4) is 0 Å². The Hall–Kier alpha value is -1.90. The van der Waals surface area contributed by atoms with Gasteiger partial charge in [0.15, 0.2) is 5.78 Å². The summed E-state index contributed by atoms with van der Waals surface area (Å²) in [5.74, 6) is 0.0252. The minimum absolute atomic E-state index is 0.0143. The third-order valence-corrected chi connectivity index (χ3v) is 3.63. The Kier molecular flexibility index (Phi) is 4.15. The molecular formula is C16H18O3. The van der Waals surface area contributed by atoms with Crippen molar-refractivity contribution < 1.29 is 14.3 Å². The van der Waals surface area contributed by atoms with Crippen molar-refractivity contribution in [3.05, 3.63) is 43.0 Å². The Morgan fingerprint density at radius 1 is 1.32 bits per heavy atom. The standard InChI is InChI=1S/C16H18O3/c1-2-11-16(12-7-6-10-14(16)17)15(18)19-13-8-4-3-5-9-13/h2-5,8-9H,1,6-7,10-12H2. The fraction of sp³-hybridized carbons (Fsp3) is 0.375. The molecule has 1 fully saturated rings. The lowest BCUT2D eigenvalue weighted by Gasteiger charge is -2.32. The smallest absolute Gasteiger partial charge is 0.325 e. The maximum atomic E-state index is 12.4. The third kappa shape index (κ3) is 2.75. The van der Waals surface area contributed by atoms with Gasteiger partial charge < -0.3 is 4.74 Å². The lowest BCUT2D eigenvalue weighted by Crippen LogP contribution is -2.43. The summed E-state index contributed by atoms with van der Waals surface area (Å²) < 4.78 is 5.37. The van der Waals surface area contributed by atoms with E-state index in [1.807, 2.05) is 6.07 Å². The molecule has 0 heterocycles. The number of carbonyl (C=O) groups excluding carboxylic acids is 2. The third-order valence-electron chi connectivity index (χ3n) is 3.63. The first-order valence-corrected chi connectivity index (χ1v) is 6.60. The van der Waals surface area contributed by atoms with Gasteiger partial charge in [-0.1, -0.05) is 30.7 Å². The predicted octanol–water partition coefficient (Wildman–Crippen LogP) is 3.30. The van der Waals surface area contributed by atoms with Gasteiger partial charge in [-0.05, 0) is 31.4 Å². The van der Waals surface area contributed by atoms with Gasteiger partial charge in [-0.15, -0.1) is 6.58 Å². The number of Topliss-reactive ketones (excluding diaryl/α,β-unsaturated/α-hetero) is 1. The molecule has 0 N–H and O–H groups in total. The normalized spacial score (nSPS) is 22.8. The van der Waals surface area contributed by atoms with Gasteiger partial charge in [-0.2, -0.15) is 0 Å². The molecule has 100 valence electrons. The van der Waals surface area contributed by atoms with Crippen LogP contribution in [0.15, 0.2) is 43.0 Å². The summed E-state index contributed by atoms with van der Waals surface area (Å²) in [5, 5.41) is 0. The Labute approximate surface area is 113 Å². The molecule has 1 aromatic rings. The van der Waals surface area contributed by atoms with Crippen molar-refractivity contribution in [2.45, 2.75) is 32.1 Å². The molecule has 3 heteroatoms. The predicted molar refractivity (Wildman–Crippen MR) is 72.8 cm³/mol. The molecule has 19 heavy (non-hydrogen) atoms. The molecule has 1 aliphatic rings. The summed E-state index contributed by atoms with van der Waals surface area (Å²) >= 11 is 0. The van der Waals surface area contributed by atoms with E-state index < -0.39 is 11.4 Å². The van der Waals surface area contributed by atoms with E-state index in [0.29, 0.717) is 25.0 Å². The number of carbonyl (C=O) groups is 2. The molecule has 0 radical (unpaired) electrons. The summed E-state index contributed by atoms with van der Waals surface area (Å²) in [6.45, 7) is 3.66. The lowest BCUT2D eigenvalue weighted by atomic mass is 9.71. The number of para-hydroxylation sites is 1. The molecule has 1 aromatic carbocycles. The largest absolute Gasteiger partial charge is 0.426 e. The molecule has 0 aliphatic heterocycles. The van der Waals surface area contributed by atoms with E-state index in [0.717, 1.165) is 12.8 Å². The second kappa shape index (κ2) is 5.83. The molecule has 1 atom stereocenters. The first-order chi connectivity index (χ1) is 9.19. The van der Waals surface area contributed by atoms with Gasteiger partial charge >= 0.3 is 5.97 Å². The van der Waals surface area contributed by atoms with E-state index in [4.69, 9.17) is 4.74 Å². The van der Waals surface area contributed by atoms with Gasteiger partial charge in [0.25, 0.3) is 0 Å². The second-order valence-electron chi connectivity index (χ2n) is 4.91. The van der Waals surface area contributed by atoms with Crippen molar-refractivity contribution in [3.8, 4) is 5.75 Å². The molecule has 1 aliphatic carbocycles. The van der Waals surface area contributed by atoms with E-state index in [-0.39, 0.29) is 5.78 Å². The van der Waals surface area contributed by atoms with E-state index in [1.54, 1.807) is 30.3 Å². The summed E-state index contributed by atoms with van der Waals surface area (Å²) in [6.07, 6.45) is 4.74. The summed E-state index contributed by atoms with van der Waals surface area (Å²) in [6, 6.07) is 8.87. The summed E-state index contributed by atoms with van der Waals surface area (Å²) in [7, 11) is 0. The van der Waals surface area contributed by atoms with Crippen LogP contribution in [0.5, 0.6) is 5.75 Å². The van der Waals surface area contributed by atoms with Crippen LogP contribution in [0, 0.1) is 5.41 Å². The first-order valence-electron chi connectivity index (χ1n) is 6.60. The van der Waals surface area contributed by atoms with E-state index >= 15 is 0 Å². The van der Waals surface area contributed by atoms with E-state index in [2.05, 4.69) is 6.58 Å². The van der Waals surface area contributed by atoms with Crippen LogP contribution < -0.4 is 4.74 Å². The molecule has 2 rings (SSSR count). The maximum absolute atomic E-state index is 12.4. The molecule has 0 bridgehead atoms. The number of benzene rings is 1. The van der Waals surface area contributed by atoms with E-state index in [9.17, 15) is 9.59 Å². The van der Waals surface area contributed by atoms with Gasteiger partial charge in [-0.3, -0.25) is 9.59 Å². The summed E-state index contributed by atoms with van der Waals surface area (Å²) in [5.41, 5.74) is -1.02. The number of hydrogen-bond acceptors (Lipinski definition) is 3. The topological polar surface area (TPSA) is 43.4 Å². The highest BCUT2D eigenvalue weighted by Crippen LogP contribution is 2.38. The molecule has 0 saturated heterocycles. The number of ether oxygens (including phenoxy) is 1. The molecular weight excluding hydrogens is 240 g/mol. The molecule has 0 aromatic heterocycles. The monoisotopic (exact) mass is 258 g/mol. The number of ketones is 1. The average molecular weight is 258 g/mol. The van der Waals surface area contributed by atoms with Crippen LogP contribution >= 0.6 is 0 Å². The maximum Gasteiger partial charge on any atom is 0.325 e. The molecule has 0 amide bonds. The number of allylic oxidation sites excluding steroid dienone is 1. The highest BCUT2D eigenvalue weighted by atomic mass is 16.5. The summed E-state index contributed by atoms with van der Waals surface area (Å²) in [4.78, 5) is 24.6. The highest BCUT2D eigenvalue weighted by molar-refractivity contribution is 6.05. The van der Waals surface area contributed by atoms with Gasteiger partial charge in [-0.25, -0.2) is 0 Å². The van der Waals surface area contributed by atoms with Crippen LogP contribution in [0.1, 0.15) is 32.1 Å². The Morgan fingerprint density at radius 3 is 2.68 bits per heavy atom. The van der Waals surface area contributed by atoms with Crippen LogP contribution in [0.4, 0.5) is 0 Å². The van der Waals surface area contributed by atoms with Gasteiger partial charge in [0.2, 0.25) is 0 Å². The van der Waals surface area contributed by atoms with Crippen molar-refractivity contribution in [1.82, 2.24) is 0 Å². The van der Waals surface area contributed by atoms with Gasteiger partial charge in [0.05, 0.1) is 0 Å². The zero-order chi connectivity index (χ0) is 13.7. The quantitative estimate of drug-likeness (QED) is 0.360. The number of esters is 1. The minimum Gasteiger partial charge on any atom is -0.426 e. The molecule has 1 saturated carbocycles. The van der Waals surface area contributed by atoms with Crippen LogP contribution in [-0.2, 0) is 9.59 Å². The zero-order valence-corrected chi connectivity index (χ0v) is 10.9. The highest BCUT2D eigenvalue weighted by Gasteiger charge is 2.47. The second-order valence-corrected chi connectivity index (χ2v) is 4.91. The van der Waals surface area contributed by atoms with Crippen molar-refractivity contribution in [2.24, 2.45) is 5.41 Å². The average Bonchev–Trinajstić information content (AvgIpc) is 2.43. The van der Waals surface area contributed by atoms with Crippen LogP contribution in [-0.4, -0.2) is 11.8 Å². The number of hydrogen-bond donors (Lipinski definition) is 0. The van der Waals surface area contributed by atoms with Crippen LogP contribution in [0.2, 0.25) is 0 Å². The number of rotatable bonds is 4. The van der Waals surface area contributed by atoms with Gasteiger partial charge in [0, 0.05) is 6.42 Å².